The maximum Gasteiger partial charge on any atom is 0.411 e. The molecule has 0 aromatic heterocycles. The van der Waals surface area contributed by atoms with Crippen LogP contribution in [-0.2, 0) is 4.74 Å². The smallest absolute Gasteiger partial charge is 0.388 e. The van der Waals surface area contributed by atoms with Crippen LogP contribution < -0.4 is 10.6 Å². The normalized spacial score (nSPS) is 11.2. The fraction of sp³-hybridized carbons (Fsp3) is 0.462. The van der Waals surface area contributed by atoms with Crippen LogP contribution in [0.3, 0.4) is 0 Å². The van der Waals surface area contributed by atoms with Gasteiger partial charge in [-0.2, -0.15) is 13.2 Å². The molecule has 112 valence electrons. The minimum atomic E-state index is -4.34. The highest BCUT2D eigenvalue weighted by Gasteiger charge is 2.27. The van der Waals surface area contributed by atoms with Crippen molar-refractivity contribution in [3.63, 3.8) is 0 Å². The van der Waals surface area contributed by atoms with E-state index in [1.54, 1.807) is 26.1 Å². The van der Waals surface area contributed by atoms with E-state index in [1.807, 2.05) is 6.07 Å². The molecule has 0 saturated carbocycles. The topological polar surface area (TPSA) is 50.4 Å². The van der Waals surface area contributed by atoms with Crippen LogP contribution in [0.25, 0.3) is 0 Å². The second-order valence-corrected chi connectivity index (χ2v) is 4.20. The SMILES string of the molecule is CNc1ccc(C(=O)NCCOCC(F)(F)F)c(C)c1. The monoisotopic (exact) mass is 290 g/mol. The molecule has 0 saturated heterocycles. The van der Waals surface area contributed by atoms with Gasteiger partial charge >= 0.3 is 6.18 Å². The fourth-order valence-electron chi connectivity index (χ4n) is 1.59. The minimum absolute atomic E-state index is 0.0299. The van der Waals surface area contributed by atoms with Gasteiger partial charge in [-0.1, -0.05) is 0 Å². The van der Waals surface area contributed by atoms with Gasteiger partial charge in [0, 0.05) is 24.8 Å². The molecule has 1 aromatic carbocycles. The molecule has 0 spiro atoms. The number of hydrogen-bond acceptors (Lipinski definition) is 3. The van der Waals surface area contributed by atoms with Crippen LogP contribution in [0.1, 0.15) is 15.9 Å². The zero-order valence-corrected chi connectivity index (χ0v) is 11.3. The summed E-state index contributed by atoms with van der Waals surface area (Å²) < 4.78 is 39.8. The van der Waals surface area contributed by atoms with Crippen molar-refractivity contribution in [3.05, 3.63) is 29.3 Å². The summed E-state index contributed by atoms with van der Waals surface area (Å²) in [6.45, 7) is 0.329. The summed E-state index contributed by atoms with van der Waals surface area (Å²) in [4.78, 5) is 11.8. The van der Waals surface area contributed by atoms with Crippen molar-refractivity contribution in [2.45, 2.75) is 13.1 Å². The molecule has 4 nitrogen and oxygen atoms in total. The van der Waals surface area contributed by atoms with E-state index in [0.717, 1.165) is 11.3 Å². The molecule has 0 fully saturated rings. The van der Waals surface area contributed by atoms with E-state index in [-0.39, 0.29) is 19.1 Å². The number of anilines is 1. The number of ether oxygens (including phenoxy) is 1. The summed E-state index contributed by atoms with van der Waals surface area (Å²) in [5.74, 6) is -0.333. The Kier molecular flexibility index (Phi) is 5.82. The molecule has 1 amide bonds. The van der Waals surface area contributed by atoms with Crippen molar-refractivity contribution in [3.8, 4) is 0 Å². The van der Waals surface area contributed by atoms with Gasteiger partial charge in [0.1, 0.15) is 6.61 Å². The van der Waals surface area contributed by atoms with Gasteiger partial charge in [0.05, 0.1) is 6.61 Å². The van der Waals surface area contributed by atoms with Gasteiger partial charge in [-0.15, -0.1) is 0 Å². The molecule has 0 unspecified atom stereocenters. The van der Waals surface area contributed by atoms with Gasteiger partial charge in [-0.05, 0) is 30.7 Å². The molecule has 7 heteroatoms. The summed E-state index contributed by atoms with van der Waals surface area (Å²) in [6, 6.07) is 5.23. The zero-order valence-electron chi connectivity index (χ0n) is 11.3. The zero-order chi connectivity index (χ0) is 15.2. The quantitative estimate of drug-likeness (QED) is 0.791. The Hall–Kier alpha value is -1.76. The van der Waals surface area contributed by atoms with E-state index in [4.69, 9.17) is 0 Å². The van der Waals surface area contributed by atoms with Gasteiger partial charge < -0.3 is 15.4 Å². The lowest BCUT2D eigenvalue weighted by Gasteiger charge is -2.10. The van der Waals surface area contributed by atoms with E-state index in [2.05, 4.69) is 15.4 Å². The van der Waals surface area contributed by atoms with Crippen molar-refractivity contribution >= 4 is 11.6 Å². The lowest BCUT2D eigenvalue weighted by atomic mass is 10.1. The number of amides is 1. The van der Waals surface area contributed by atoms with Crippen LogP contribution in [0.15, 0.2) is 18.2 Å². The van der Waals surface area contributed by atoms with Gasteiger partial charge in [0.2, 0.25) is 0 Å². The Labute approximate surface area is 115 Å². The van der Waals surface area contributed by atoms with Crippen LogP contribution in [0.5, 0.6) is 0 Å². The first kappa shape index (κ1) is 16.3. The maximum atomic E-state index is 11.8. The lowest BCUT2D eigenvalue weighted by molar-refractivity contribution is -0.173. The molecule has 0 atom stereocenters. The highest BCUT2D eigenvalue weighted by atomic mass is 19.4. The third-order valence-electron chi connectivity index (χ3n) is 2.56. The van der Waals surface area contributed by atoms with Crippen molar-refractivity contribution in [2.24, 2.45) is 0 Å². The Balaban J connectivity index is 2.40. The number of alkyl halides is 3. The average molecular weight is 290 g/mol. The number of halogens is 3. The van der Waals surface area contributed by atoms with Crippen molar-refractivity contribution in [1.29, 1.82) is 0 Å². The summed E-state index contributed by atoms with van der Waals surface area (Å²) in [5.41, 5.74) is 2.15. The Bertz CT molecular complexity index is 461. The molecule has 0 radical (unpaired) electrons. The number of carbonyl (C=O) groups excluding carboxylic acids is 1. The van der Waals surface area contributed by atoms with Crippen LogP contribution in [0, 0.1) is 6.92 Å². The first-order valence-corrected chi connectivity index (χ1v) is 6.04. The minimum Gasteiger partial charge on any atom is -0.388 e. The van der Waals surface area contributed by atoms with Crippen LogP contribution in [0.4, 0.5) is 18.9 Å². The Morgan fingerprint density at radius 1 is 1.35 bits per heavy atom. The van der Waals surface area contributed by atoms with E-state index < -0.39 is 12.8 Å². The molecule has 1 rings (SSSR count). The summed E-state index contributed by atoms with van der Waals surface area (Å²) in [5, 5.41) is 5.46. The third-order valence-corrected chi connectivity index (χ3v) is 2.56. The molecule has 0 bridgehead atoms. The standard InChI is InChI=1S/C13H17F3N2O2/c1-9-7-10(17-2)3-4-11(9)12(19)18-5-6-20-8-13(14,15)16/h3-4,7,17H,5-6,8H2,1-2H3,(H,18,19). The number of aryl methyl sites for hydroxylation is 1. The summed E-state index contributed by atoms with van der Waals surface area (Å²) in [6.07, 6.45) is -4.34. The number of carbonyl (C=O) groups is 1. The Morgan fingerprint density at radius 2 is 2.05 bits per heavy atom. The summed E-state index contributed by atoms with van der Waals surface area (Å²) >= 11 is 0. The second kappa shape index (κ2) is 7.14. The van der Waals surface area contributed by atoms with Gasteiger partial charge in [0.25, 0.3) is 5.91 Å². The molecular formula is C13H17F3N2O2. The predicted octanol–water partition coefficient (Wildman–Crippen LogP) is 2.35. The van der Waals surface area contributed by atoms with E-state index in [9.17, 15) is 18.0 Å². The number of rotatable bonds is 6. The predicted molar refractivity (Wildman–Crippen MR) is 69.9 cm³/mol. The summed E-state index contributed by atoms with van der Waals surface area (Å²) in [7, 11) is 1.77. The van der Waals surface area contributed by atoms with Crippen LogP contribution in [-0.4, -0.2) is 38.9 Å². The molecule has 2 N–H and O–H groups in total. The second-order valence-electron chi connectivity index (χ2n) is 4.20. The van der Waals surface area contributed by atoms with Crippen LogP contribution >= 0.6 is 0 Å². The lowest BCUT2D eigenvalue weighted by Crippen LogP contribution is -2.29. The van der Waals surface area contributed by atoms with E-state index >= 15 is 0 Å². The van der Waals surface area contributed by atoms with Crippen molar-refractivity contribution in [1.82, 2.24) is 5.32 Å². The van der Waals surface area contributed by atoms with E-state index in [1.165, 1.54) is 0 Å². The fourth-order valence-corrected chi connectivity index (χ4v) is 1.59. The van der Waals surface area contributed by atoms with Crippen molar-refractivity contribution in [2.75, 3.05) is 32.1 Å². The molecular weight excluding hydrogens is 273 g/mol. The molecule has 0 heterocycles. The molecule has 0 aliphatic heterocycles. The van der Waals surface area contributed by atoms with Crippen molar-refractivity contribution < 1.29 is 22.7 Å². The molecule has 1 aromatic rings. The average Bonchev–Trinajstić information content (AvgIpc) is 2.36. The molecule has 0 aliphatic carbocycles. The van der Waals surface area contributed by atoms with Crippen LogP contribution in [0.2, 0.25) is 0 Å². The van der Waals surface area contributed by atoms with Gasteiger partial charge in [-0.25, -0.2) is 0 Å². The third kappa shape index (κ3) is 5.48. The van der Waals surface area contributed by atoms with E-state index in [0.29, 0.717) is 5.56 Å². The number of hydrogen-bond donors (Lipinski definition) is 2. The Morgan fingerprint density at radius 3 is 2.60 bits per heavy atom. The van der Waals surface area contributed by atoms with Gasteiger partial charge in [0.15, 0.2) is 0 Å². The molecule has 0 aliphatic rings. The first-order chi connectivity index (χ1) is 9.33. The number of benzene rings is 1. The highest BCUT2D eigenvalue weighted by molar-refractivity contribution is 5.96. The molecule has 20 heavy (non-hydrogen) atoms. The maximum absolute atomic E-state index is 11.8. The van der Waals surface area contributed by atoms with Gasteiger partial charge in [-0.3, -0.25) is 4.79 Å². The first-order valence-electron chi connectivity index (χ1n) is 6.04. The number of nitrogens with one attached hydrogen (secondary N) is 2. The largest absolute Gasteiger partial charge is 0.411 e. The highest BCUT2D eigenvalue weighted by Crippen LogP contribution is 2.15.